The smallest absolute Gasteiger partial charge is 0.230 e. The average Bonchev–Trinajstić information content (AvgIpc) is 2.43. The summed E-state index contributed by atoms with van der Waals surface area (Å²) in [4.78, 5) is 11.7. The quantitative estimate of drug-likeness (QED) is 0.892. The molecular formula is C14H18F2N2OS. The molecular weight excluding hydrogens is 282 g/mol. The molecule has 110 valence electrons. The Hall–Kier alpha value is -1.14. The summed E-state index contributed by atoms with van der Waals surface area (Å²) in [5, 5.41) is 6.18. The van der Waals surface area contributed by atoms with Crippen LogP contribution in [0, 0.1) is 11.6 Å². The van der Waals surface area contributed by atoms with Gasteiger partial charge in [0.05, 0.1) is 5.75 Å². The fraction of sp³-hybridized carbons (Fsp3) is 0.500. The Labute approximate surface area is 121 Å². The van der Waals surface area contributed by atoms with Gasteiger partial charge in [-0.25, -0.2) is 8.78 Å². The van der Waals surface area contributed by atoms with Crippen LogP contribution in [0.5, 0.6) is 0 Å². The number of nitrogens with one attached hydrogen (secondary N) is 2. The van der Waals surface area contributed by atoms with E-state index in [9.17, 15) is 13.6 Å². The van der Waals surface area contributed by atoms with Crippen molar-refractivity contribution in [1.82, 2.24) is 10.6 Å². The van der Waals surface area contributed by atoms with Crippen molar-refractivity contribution in [1.29, 1.82) is 0 Å². The highest BCUT2D eigenvalue weighted by molar-refractivity contribution is 7.99. The van der Waals surface area contributed by atoms with E-state index in [2.05, 4.69) is 10.6 Å². The van der Waals surface area contributed by atoms with E-state index in [0.29, 0.717) is 12.3 Å². The predicted octanol–water partition coefficient (Wildman–Crippen LogP) is 1.89. The van der Waals surface area contributed by atoms with Crippen LogP contribution in [0.3, 0.4) is 0 Å². The summed E-state index contributed by atoms with van der Waals surface area (Å²) in [6, 6.07) is 3.89. The summed E-state index contributed by atoms with van der Waals surface area (Å²) in [6.07, 6.45) is 2.65. The molecule has 2 unspecified atom stereocenters. The van der Waals surface area contributed by atoms with Crippen LogP contribution in [0.4, 0.5) is 8.78 Å². The van der Waals surface area contributed by atoms with Crippen molar-refractivity contribution < 1.29 is 13.6 Å². The molecule has 1 saturated heterocycles. The molecule has 1 aromatic rings. The number of rotatable bonds is 4. The van der Waals surface area contributed by atoms with Gasteiger partial charge in [0, 0.05) is 18.5 Å². The lowest BCUT2D eigenvalue weighted by Crippen LogP contribution is -2.50. The van der Waals surface area contributed by atoms with E-state index < -0.39 is 11.6 Å². The first-order valence-electron chi connectivity index (χ1n) is 6.55. The Kier molecular flexibility index (Phi) is 5.37. The van der Waals surface area contributed by atoms with E-state index >= 15 is 0 Å². The summed E-state index contributed by atoms with van der Waals surface area (Å²) in [6.45, 7) is 1.45. The van der Waals surface area contributed by atoms with Crippen LogP contribution in [0.15, 0.2) is 18.2 Å². The summed E-state index contributed by atoms with van der Waals surface area (Å²) in [5.41, 5.74) is 0.736. The van der Waals surface area contributed by atoms with Crippen LogP contribution in [-0.2, 0) is 4.79 Å². The third kappa shape index (κ3) is 3.70. The number of halogens is 2. The number of hydrogen-bond donors (Lipinski definition) is 2. The predicted molar refractivity (Wildman–Crippen MR) is 76.9 cm³/mol. The molecule has 0 spiro atoms. The number of amides is 1. The number of thioether (sulfide) groups is 1. The van der Waals surface area contributed by atoms with E-state index in [1.807, 2.05) is 6.26 Å². The van der Waals surface area contributed by atoms with Crippen molar-refractivity contribution in [2.24, 2.45) is 0 Å². The molecule has 3 nitrogen and oxygen atoms in total. The lowest BCUT2D eigenvalue weighted by atomic mass is 9.86. The van der Waals surface area contributed by atoms with Crippen molar-refractivity contribution in [2.75, 3.05) is 25.1 Å². The van der Waals surface area contributed by atoms with E-state index in [1.165, 1.54) is 17.8 Å². The van der Waals surface area contributed by atoms with Gasteiger partial charge in [-0.3, -0.25) is 4.79 Å². The highest BCUT2D eigenvalue weighted by Gasteiger charge is 2.28. The fourth-order valence-electron chi connectivity index (χ4n) is 2.53. The van der Waals surface area contributed by atoms with Gasteiger partial charge in [0.1, 0.15) is 0 Å². The SMILES string of the molecule is CSCC(=O)NC1CNCCC1c1ccc(F)c(F)c1. The van der Waals surface area contributed by atoms with Crippen molar-refractivity contribution in [3.63, 3.8) is 0 Å². The van der Waals surface area contributed by atoms with Gasteiger partial charge in [-0.15, -0.1) is 0 Å². The minimum atomic E-state index is -0.842. The van der Waals surface area contributed by atoms with Gasteiger partial charge in [0.25, 0.3) is 0 Å². The van der Waals surface area contributed by atoms with Crippen LogP contribution in [-0.4, -0.2) is 37.0 Å². The van der Waals surface area contributed by atoms with Crippen molar-refractivity contribution in [3.8, 4) is 0 Å². The molecule has 0 aliphatic carbocycles. The number of carbonyl (C=O) groups is 1. The Balaban J connectivity index is 2.13. The molecule has 1 heterocycles. The second kappa shape index (κ2) is 7.04. The Morgan fingerprint density at radius 1 is 1.45 bits per heavy atom. The number of piperidine rings is 1. The molecule has 2 rings (SSSR count). The Morgan fingerprint density at radius 2 is 2.25 bits per heavy atom. The molecule has 2 atom stereocenters. The van der Waals surface area contributed by atoms with E-state index in [-0.39, 0.29) is 17.9 Å². The monoisotopic (exact) mass is 300 g/mol. The first-order valence-corrected chi connectivity index (χ1v) is 7.95. The molecule has 0 radical (unpaired) electrons. The maximum absolute atomic E-state index is 13.4. The zero-order valence-electron chi connectivity index (χ0n) is 11.3. The Bertz CT molecular complexity index is 484. The third-order valence-electron chi connectivity index (χ3n) is 3.48. The summed E-state index contributed by atoms with van der Waals surface area (Å²) in [7, 11) is 0. The minimum Gasteiger partial charge on any atom is -0.351 e. The first-order chi connectivity index (χ1) is 9.61. The summed E-state index contributed by atoms with van der Waals surface area (Å²) >= 11 is 1.46. The second-order valence-electron chi connectivity index (χ2n) is 4.88. The van der Waals surface area contributed by atoms with E-state index in [4.69, 9.17) is 0 Å². The normalized spacial score (nSPS) is 22.6. The summed E-state index contributed by atoms with van der Waals surface area (Å²) in [5.74, 6) is -1.29. The first kappa shape index (κ1) is 15.3. The lowest BCUT2D eigenvalue weighted by molar-refractivity contribution is -0.119. The van der Waals surface area contributed by atoms with Crippen LogP contribution in [0.1, 0.15) is 17.9 Å². The van der Waals surface area contributed by atoms with Gasteiger partial charge in [-0.05, 0) is 36.9 Å². The van der Waals surface area contributed by atoms with Crippen molar-refractivity contribution >= 4 is 17.7 Å². The van der Waals surface area contributed by atoms with Crippen molar-refractivity contribution in [3.05, 3.63) is 35.4 Å². The van der Waals surface area contributed by atoms with Crippen LogP contribution < -0.4 is 10.6 Å². The molecule has 0 aromatic heterocycles. The second-order valence-corrected chi connectivity index (χ2v) is 5.75. The molecule has 1 aromatic carbocycles. The number of benzene rings is 1. The van der Waals surface area contributed by atoms with Gasteiger partial charge in [-0.1, -0.05) is 6.07 Å². The lowest BCUT2D eigenvalue weighted by Gasteiger charge is -2.33. The molecule has 0 saturated carbocycles. The summed E-state index contributed by atoms with van der Waals surface area (Å²) < 4.78 is 26.4. The zero-order valence-corrected chi connectivity index (χ0v) is 12.1. The van der Waals surface area contributed by atoms with E-state index in [1.54, 1.807) is 6.07 Å². The van der Waals surface area contributed by atoms with Gasteiger partial charge in [-0.2, -0.15) is 11.8 Å². The molecule has 1 aliphatic heterocycles. The third-order valence-corrected chi connectivity index (χ3v) is 4.03. The molecule has 20 heavy (non-hydrogen) atoms. The van der Waals surface area contributed by atoms with Crippen LogP contribution in [0.2, 0.25) is 0 Å². The molecule has 1 aliphatic rings. The highest BCUT2D eigenvalue weighted by atomic mass is 32.2. The van der Waals surface area contributed by atoms with E-state index in [0.717, 1.165) is 24.6 Å². The van der Waals surface area contributed by atoms with Crippen LogP contribution in [0.25, 0.3) is 0 Å². The van der Waals surface area contributed by atoms with Gasteiger partial charge >= 0.3 is 0 Å². The number of carbonyl (C=O) groups excluding carboxylic acids is 1. The molecule has 1 amide bonds. The standard InChI is InChI=1S/C14H18F2N2OS/c1-20-8-14(19)18-13-7-17-5-4-10(13)9-2-3-11(15)12(16)6-9/h2-3,6,10,13,17H,4-5,7-8H2,1H3,(H,18,19). The maximum Gasteiger partial charge on any atom is 0.230 e. The van der Waals surface area contributed by atoms with Gasteiger partial charge in [0.15, 0.2) is 11.6 Å². The molecule has 6 heteroatoms. The zero-order chi connectivity index (χ0) is 14.5. The molecule has 1 fully saturated rings. The van der Waals surface area contributed by atoms with Crippen molar-refractivity contribution in [2.45, 2.75) is 18.4 Å². The largest absolute Gasteiger partial charge is 0.351 e. The minimum absolute atomic E-state index is 0.0113. The Morgan fingerprint density at radius 3 is 2.95 bits per heavy atom. The molecule has 0 bridgehead atoms. The fourth-order valence-corrected chi connectivity index (χ4v) is 2.88. The maximum atomic E-state index is 13.4. The highest BCUT2D eigenvalue weighted by Crippen LogP contribution is 2.27. The van der Waals surface area contributed by atoms with Gasteiger partial charge in [0.2, 0.25) is 5.91 Å². The van der Waals surface area contributed by atoms with Gasteiger partial charge < -0.3 is 10.6 Å². The topological polar surface area (TPSA) is 41.1 Å². The number of hydrogen-bond acceptors (Lipinski definition) is 3. The van der Waals surface area contributed by atoms with Crippen LogP contribution >= 0.6 is 11.8 Å². The average molecular weight is 300 g/mol. The molecule has 2 N–H and O–H groups in total.